The van der Waals surface area contributed by atoms with E-state index in [9.17, 15) is 31.5 Å². The van der Waals surface area contributed by atoms with E-state index in [1.807, 2.05) is 0 Å². The predicted molar refractivity (Wildman–Crippen MR) is 97.2 cm³/mol. The molecule has 0 bridgehead atoms. The van der Waals surface area contributed by atoms with Crippen LogP contribution in [-0.2, 0) is 15.8 Å². The van der Waals surface area contributed by atoms with E-state index < -0.39 is 35.2 Å². The molecule has 2 aromatic carbocycles. The van der Waals surface area contributed by atoms with Crippen LogP contribution in [0.3, 0.4) is 0 Å². The lowest BCUT2D eigenvalue weighted by Crippen LogP contribution is -2.39. The second-order valence-electron chi connectivity index (χ2n) is 6.07. The summed E-state index contributed by atoms with van der Waals surface area (Å²) in [5.74, 6) is -3.17. The number of amides is 2. The minimum atomic E-state index is -4.63. The molecule has 2 rings (SSSR count). The van der Waals surface area contributed by atoms with Crippen LogP contribution in [-0.4, -0.2) is 36.3 Å². The fraction of sp³-hybridized carbons (Fsp3) is 0.263. The standard InChI is InChI=1S/C19H18F5N3O2/c1-2-27(11-18(29)26-16-8-7-12(20)9-14(16)21)10-17(28)25-15-6-4-3-5-13(15)19(22,23)24/h3-9H,2,10-11H2,1H3,(H,25,28)(H,26,29). The molecule has 5 nitrogen and oxygen atoms in total. The van der Waals surface area contributed by atoms with Gasteiger partial charge in [-0.3, -0.25) is 14.5 Å². The number of alkyl halides is 3. The quantitative estimate of drug-likeness (QED) is 0.675. The predicted octanol–water partition coefficient (Wildman–Crippen LogP) is 3.88. The molecule has 0 aromatic heterocycles. The first kappa shape index (κ1) is 22.3. The summed E-state index contributed by atoms with van der Waals surface area (Å²) < 4.78 is 65.5. The number of hydrogen-bond acceptors (Lipinski definition) is 3. The van der Waals surface area contributed by atoms with Crippen molar-refractivity contribution in [2.75, 3.05) is 30.3 Å². The van der Waals surface area contributed by atoms with Crippen LogP contribution in [0.15, 0.2) is 42.5 Å². The number of nitrogens with zero attached hydrogens (tertiary/aromatic N) is 1. The third kappa shape index (κ3) is 6.53. The smallest absolute Gasteiger partial charge is 0.324 e. The summed E-state index contributed by atoms with van der Waals surface area (Å²) in [4.78, 5) is 25.5. The Bertz CT molecular complexity index is 886. The van der Waals surface area contributed by atoms with E-state index in [0.29, 0.717) is 6.07 Å². The summed E-state index contributed by atoms with van der Waals surface area (Å²) >= 11 is 0. The largest absolute Gasteiger partial charge is 0.418 e. The summed E-state index contributed by atoms with van der Waals surface area (Å²) in [5, 5.41) is 4.44. The van der Waals surface area contributed by atoms with E-state index >= 15 is 0 Å². The molecule has 0 radical (unpaired) electrons. The molecule has 0 aliphatic rings. The van der Waals surface area contributed by atoms with Crippen LogP contribution < -0.4 is 10.6 Å². The first-order chi connectivity index (χ1) is 13.6. The van der Waals surface area contributed by atoms with Gasteiger partial charge in [-0.15, -0.1) is 0 Å². The van der Waals surface area contributed by atoms with Gasteiger partial charge in [-0.25, -0.2) is 8.78 Å². The van der Waals surface area contributed by atoms with Crippen molar-refractivity contribution in [1.29, 1.82) is 0 Å². The van der Waals surface area contributed by atoms with Crippen molar-refractivity contribution in [2.24, 2.45) is 0 Å². The van der Waals surface area contributed by atoms with Gasteiger partial charge in [0.25, 0.3) is 0 Å². The van der Waals surface area contributed by atoms with E-state index in [-0.39, 0.29) is 31.0 Å². The zero-order chi connectivity index (χ0) is 21.6. The summed E-state index contributed by atoms with van der Waals surface area (Å²) in [7, 11) is 0. The minimum absolute atomic E-state index is 0.226. The topological polar surface area (TPSA) is 61.4 Å². The molecule has 156 valence electrons. The SMILES string of the molecule is CCN(CC(=O)Nc1ccc(F)cc1F)CC(=O)Nc1ccccc1C(F)(F)F. The molecular formula is C19H18F5N3O2. The fourth-order valence-corrected chi connectivity index (χ4v) is 2.50. The van der Waals surface area contributed by atoms with Gasteiger partial charge in [0.05, 0.1) is 30.0 Å². The maximum atomic E-state index is 13.6. The van der Waals surface area contributed by atoms with Crippen molar-refractivity contribution < 1.29 is 31.5 Å². The molecule has 2 amide bonds. The van der Waals surface area contributed by atoms with Crippen molar-refractivity contribution >= 4 is 23.2 Å². The van der Waals surface area contributed by atoms with Crippen molar-refractivity contribution in [3.63, 3.8) is 0 Å². The maximum absolute atomic E-state index is 13.6. The van der Waals surface area contributed by atoms with Gasteiger partial charge in [-0.2, -0.15) is 13.2 Å². The molecule has 0 atom stereocenters. The highest BCUT2D eigenvalue weighted by molar-refractivity contribution is 5.95. The summed E-state index contributed by atoms with van der Waals surface area (Å²) in [5.41, 5.74) is -1.60. The van der Waals surface area contributed by atoms with E-state index in [2.05, 4.69) is 10.6 Å². The van der Waals surface area contributed by atoms with Crippen LogP contribution in [0.5, 0.6) is 0 Å². The molecule has 0 fully saturated rings. The number of para-hydroxylation sites is 1. The molecular weight excluding hydrogens is 397 g/mol. The Morgan fingerprint density at radius 3 is 2.07 bits per heavy atom. The number of nitrogens with one attached hydrogen (secondary N) is 2. The molecule has 29 heavy (non-hydrogen) atoms. The molecule has 0 saturated carbocycles. The van der Waals surface area contributed by atoms with Gasteiger partial charge in [-0.1, -0.05) is 19.1 Å². The van der Waals surface area contributed by atoms with Crippen molar-refractivity contribution in [3.05, 3.63) is 59.7 Å². The zero-order valence-corrected chi connectivity index (χ0v) is 15.3. The average molecular weight is 415 g/mol. The van der Waals surface area contributed by atoms with E-state index in [1.54, 1.807) is 6.92 Å². The van der Waals surface area contributed by atoms with Crippen LogP contribution in [0, 0.1) is 11.6 Å². The highest BCUT2D eigenvalue weighted by Gasteiger charge is 2.33. The highest BCUT2D eigenvalue weighted by atomic mass is 19.4. The van der Waals surface area contributed by atoms with Crippen LogP contribution >= 0.6 is 0 Å². The zero-order valence-electron chi connectivity index (χ0n) is 15.3. The Kier molecular flexibility index (Phi) is 7.27. The molecule has 0 unspecified atom stereocenters. The van der Waals surface area contributed by atoms with Crippen LogP contribution in [0.25, 0.3) is 0 Å². The molecule has 10 heteroatoms. The van der Waals surface area contributed by atoms with Crippen LogP contribution in [0.1, 0.15) is 12.5 Å². The van der Waals surface area contributed by atoms with Gasteiger partial charge >= 0.3 is 6.18 Å². The van der Waals surface area contributed by atoms with Crippen molar-refractivity contribution in [2.45, 2.75) is 13.1 Å². The second-order valence-corrected chi connectivity index (χ2v) is 6.07. The number of rotatable bonds is 7. The molecule has 2 N–H and O–H groups in total. The lowest BCUT2D eigenvalue weighted by Gasteiger charge is -2.20. The molecule has 2 aromatic rings. The Morgan fingerprint density at radius 1 is 0.931 bits per heavy atom. The Morgan fingerprint density at radius 2 is 1.52 bits per heavy atom. The number of carbonyl (C=O) groups excluding carboxylic acids is 2. The highest BCUT2D eigenvalue weighted by Crippen LogP contribution is 2.34. The molecule has 0 aliphatic heterocycles. The first-order valence-corrected chi connectivity index (χ1v) is 8.53. The van der Waals surface area contributed by atoms with Gasteiger partial charge in [0.2, 0.25) is 11.8 Å². The molecule has 0 spiro atoms. The Labute approximate surface area is 163 Å². The number of benzene rings is 2. The van der Waals surface area contributed by atoms with Crippen LogP contribution in [0.2, 0.25) is 0 Å². The van der Waals surface area contributed by atoms with Gasteiger partial charge < -0.3 is 10.6 Å². The number of hydrogen-bond donors (Lipinski definition) is 2. The first-order valence-electron chi connectivity index (χ1n) is 8.53. The van der Waals surface area contributed by atoms with E-state index in [4.69, 9.17) is 0 Å². The normalized spacial score (nSPS) is 11.4. The monoisotopic (exact) mass is 415 g/mol. The van der Waals surface area contributed by atoms with Gasteiger partial charge in [-0.05, 0) is 30.8 Å². The van der Waals surface area contributed by atoms with Gasteiger partial charge in [0, 0.05) is 6.07 Å². The van der Waals surface area contributed by atoms with Gasteiger partial charge in [0.15, 0.2) is 0 Å². The summed E-state index contributed by atoms with van der Waals surface area (Å²) in [6, 6.07) is 7.17. The number of halogens is 5. The van der Waals surface area contributed by atoms with Crippen molar-refractivity contribution in [3.8, 4) is 0 Å². The third-order valence-electron chi connectivity index (χ3n) is 3.89. The number of likely N-dealkylation sites (N-methyl/N-ethyl adjacent to an activating group) is 1. The summed E-state index contributed by atoms with van der Waals surface area (Å²) in [6.45, 7) is 1.19. The van der Waals surface area contributed by atoms with Crippen molar-refractivity contribution in [1.82, 2.24) is 4.90 Å². The maximum Gasteiger partial charge on any atom is 0.418 e. The summed E-state index contributed by atoms with van der Waals surface area (Å²) in [6.07, 6.45) is -4.63. The number of carbonyl (C=O) groups is 2. The number of anilines is 2. The lowest BCUT2D eigenvalue weighted by molar-refractivity contribution is -0.137. The van der Waals surface area contributed by atoms with Gasteiger partial charge in [0.1, 0.15) is 11.6 Å². The van der Waals surface area contributed by atoms with E-state index in [1.165, 1.54) is 17.0 Å². The molecule has 0 saturated heterocycles. The molecule has 0 heterocycles. The average Bonchev–Trinajstić information content (AvgIpc) is 2.63. The third-order valence-corrected chi connectivity index (χ3v) is 3.89. The minimum Gasteiger partial charge on any atom is -0.324 e. The molecule has 0 aliphatic carbocycles. The Hall–Kier alpha value is -3.01. The lowest BCUT2D eigenvalue weighted by atomic mass is 10.1. The fourth-order valence-electron chi connectivity index (χ4n) is 2.50. The van der Waals surface area contributed by atoms with E-state index in [0.717, 1.165) is 24.3 Å². The Balaban J connectivity index is 1.97. The van der Waals surface area contributed by atoms with Crippen LogP contribution in [0.4, 0.5) is 33.3 Å². The second kappa shape index (κ2) is 9.46.